The fourth-order valence-electron chi connectivity index (χ4n) is 15.7. The van der Waals surface area contributed by atoms with Gasteiger partial charge in [0.2, 0.25) is 53.4 Å². The predicted molar refractivity (Wildman–Crippen MR) is 457 cm³/mol. The van der Waals surface area contributed by atoms with Gasteiger partial charge in [-0.2, -0.15) is 0 Å². The fraction of sp³-hybridized carbons (Fsp3) is 0.545. The van der Waals surface area contributed by atoms with Gasteiger partial charge < -0.3 is 132 Å². The number of aliphatic carboxylic acids is 1. The number of phenolic OH excluding ortho intramolecular Hbond substituents is 3. The highest BCUT2D eigenvalue weighted by molar-refractivity contribution is 6.32. The van der Waals surface area contributed by atoms with Crippen molar-refractivity contribution in [1.29, 1.82) is 0 Å². The Bertz CT molecular complexity index is 4860. The maximum Gasteiger partial charge on any atom is 0.410 e. The third kappa shape index (κ3) is 24.9. The van der Waals surface area contributed by atoms with Crippen molar-refractivity contribution in [2.24, 2.45) is 11.7 Å². The highest BCUT2D eigenvalue weighted by Gasteiger charge is 2.53. The number of aliphatic hydroxyl groups is 5. The highest BCUT2D eigenvalue weighted by Crippen LogP contribution is 2.50. The second-order valence-electron chi connectivity index (χ2n) is 35.2. The van der Waals surface area contributed by atoms with Crippen LogP contribution < -0.4 is 57.2 Å². The molecule has 0 radical (unpaired) electrons. The van der Waals surface area contributed by atoms with Crippen LogP contribution in [-0.2, 0) is 68.5 Å². The van der Waals surface area contributed by atoms with Crippen LogP contribution >= 0.6 is 23.2 Å². The van der Waals surface area contributed by atoms with Gasteiger partial charge >= 0.3 is 18.2 Å². The number of aliphatic hydroxyl groups excluding tert-OH is 5. The molecule has 694 valence electrons. The summed E-state index contributed by atoms with van der Waals surface area (Å²) in [4.78, 5) is 150. The summed E-state index contributed by atoms with van der Waals surface area (Å²) in [5.41, 5.74) is 0.305. The highest BCUT2D eigenvalue weighted by atomic mass is 35.5. The second-order valence-corrected chi connectivity index (χ2v) is 36.0. The lowest BCUT2D eigenvalue weighted by molar-refractivity contribution is -0.334. The maximum absolute atomic E-state index is 16.4. The number of halogens is 2. The van der Waals surface area contributed by atoms with Gasteiger partial charge in [-0.3, -0.25) is 38.5 Å². The molecule has 0 aliphatic carbocycles. The zero-order valence-corrected chi connectivity index (χ0v) is 74.2. The number of primary amides is 1. The van der Waals surface area contributed by atoms with Crippen LogP contribution in [0.5, 0.6) is 46.0 Å². The molecule has 5 aromatic rings. The largest absolute Gasteiger partial charge is 0.508 e. The van der Waals surface area contributed by atoms with E-state index < -0.39 is 255 Å². The van der Waals surface area contributed by atoms with Crippen LogP contribution in [0.2, 0.25) is 10.0 Å². The Morgan fingerprint density at radius 3 is 1.90 bits per heavy atom. The smallest absolute Gasteiger partial charge is 0.410 e. The van der Waals surface area contributed by atoms with Gasteiger partial charge in [-0.15, -0.1) is 0 Å². The van der Waals surface area contributed by atoms with Crippen molar-refractivity contribution >= 4 is 82.7 Å². The third-order valence-corrected chi connectivity index (χ3v) is 22.8. The Kier molecular flexibility index (Phi) is 32.7. The number of nitrogens with zero attached hydrogens (tertiary/aromatic N) is 2. The number of carbonyl (C=O) groups excluding carboxylic acids is 9. The number of benzene rings is 5. The Morgan fingerprint density at radius 1 is 0.677 bits per heavy atom. The first-order chi connectivity index (χ1) is 59.7. The molecule has 11 bridgehead atoms. The van der Waals surface area contributed by atoms with Crippen LogP contribution in [0.4, 0.5) is 9.59 Å². The lowest BCUT2D eigenvalue weighted by Crippen LogP contribution is -2.66. The molecule has 7 aliphatic heterocycles. The van der Waals surface area contributed by atoms with E-state index in [1.165, 1.54) is 37.4 Å². The number of unbranched alkanes of at least 4 members (excludes halogenated alkanes) is 7. The van der Waals surface area contributed by atoms with E-state index in [4.69, 9.17) is 66.8 Å². The lowest BCUT2D eigenvalue weighted by atomic mass is 9.85. The minimum absolute atomic E-state index is 0.0678. The van der Waals surface area contributed by atoms with Crippen molar-refractivity contribution in [3.8, 4) is 57.1 Å². The molecule has 2 saturated heterocycles. The fourth-order valence-corrected chi connectivity index (χ4v) is 16.1. The van der Waals surface area contributed by atoms with Crippen molar-refractivity contribution in [1.82, 2.24) is 47.0 Å². The van der Waals surface area contributed by atoms with Gasteiger partial charge in [-0.1, -0.05) is 107 Å². The van der Waals surface area contributed by atoms with Crippen molar-refractivity contribution in [2.75, 3.05) is 33.3 Å². The third-order valence-electron chi connectivity index (χ3n) is 22.2. The van der Waals surface area contributed by atoms with Gasteiger partial charge in [0.1, 0.15) is 101 Å². The number of hydrogen-bond donors (Lipinski definition) is 17. The molecule has 7 aliphatic rings. The number of carbonyl (C=O) groups is 10. The number of likely N-dealkylation sites (N-methyl/N-ethyl adjacent to an activating group) is 1. The van der Waals surface area contributed by atoms with Gasteiger partial charge in [0.15, 0.2) is 29.9 Å². The SMILES string of the molecule is CCCCCCCCCCN(CCNC1(C)CC(OC2C(Oc3c4cc5cc3Oc3ccc(cc3Cl)[C@@H](O)[C@@H](NC(=O)[C@@H](CC(C)C)N(C)C(=O)OC(C)(C)C)C(=O)N[C@@H](CC(N)=O)C(=O)N[C@H]5C(=O)N[C@H]3C(=O)N[C@@H](Cc5ccc(c(Cl)c5)O4)C(=O)N[C@H](C(=O)O)c4cc(O)cc(O)c4-c4cc3ccc4O)OC(CO)C(O)C2O)OC(C)C1O)C(=O)OC(C)(C)C. The molecule has 0 spiro atoms. The van der Waals surface area contributed by atoms with Crippen molar-refractivity contribution in [2.45, 2.75) is 268 Å². The van der Waals surface area contributed by atoms with E-state index >= 15 is 19.2 Å². The van der Waals surface area contributed by atoms with Gasteiger partial charge in [0.25, 0.3) is 0 Å². The van der Waals surface area contributed by atoms with Crippen LogP contribution in [0.15, 0.2) is 78.9 Å². The molecule has 9 amide bonds. The first-order valence-corrected chi connectivity index (χ1v) is 43.0. The lowest BCUT2D eigenvalue weighted by Gasteiger charge is -2.48. The molecule has 0 saturated carbocycles. The number of rotatable bonds is 26. The topological polar surface area (TPSA) is 543 Å². The summed E-state index contributed by atoms with van der Waals surface area (Å²) in [6.45, 7) is 18.5. The van der Waals surface area contributed by atoms with E-state index in [0.717, 1.165) is 98.4 Å². The Labute approximate surface area is 744 Å². The van der Waals surface area contributed by atoms with Crippen molar-refractivity contribution in [3.05, 3.63) is 117 Å². The van der Waals surface area contributed by atoms with Crippen LogP contribution in [0.3, 0.4) is 0 Å². The van der Waals surface area contributed by atoms with Crippen LogP contribution in [0.1, 0.15) is 199 Å². The normalized spacial score (nSPS) is 25.4. The number of fused-ring (bicyclic) bond motifs is 15. The Morgan fingerprint density at radius 2 is 1.28 bits per heavy atom. The number of ether oxygens (including phenoxy) is 8. The summed E-state index contributed by atoms with van der Waals surface area (Å²) in [5, 5.41) is 123. The van der Waals surface area contributed by atoms with E-state index in [1.54, 1.807) is 74.1 Å². The summed E-state index contributed by atoms with van der Waals surface area (Å²) in [5.74, 6) is -16.0. The summed E-state index contributed by atoms with van der Waals surface area (Å²) in [6.07, 6.45) is -11.1. The predicted octanol–water partition coefficient (Wildman–Crippen LogP) is 7.27. The molecule has 5 aromatic carbocycles. The number of hydrogen-bond acceptors (Lipinski definition) is 27. The minimum Gasteiger partial charge on any atom is -0.508 e. The zero-order valence-electron chi connectivity index (χ0n) is 72.7. The Hall–Kier alpha value is -10.6. The average molecular weight is 1820 g/mol. The maximum atomic E-state index is 16.4. The average Bonchev–Trinajstić information content (AvgIpc) is 0.765. The summed E-state index contributed by atoms with van der Waals surface area (Å²) in [6, 6.07) is -0.0171. The monoisotopic (exact) mass is 1810 g/mol. The molecule has 37 nitrogen and oxygen atoms in total. The molecule has 7 heterocycles. The number of carboxylic acids is 1. The number of amides is 9. The van der Waals surface area contributed by atoms with Crippen LogP contribution in [0, 0.1) is 5.92 Å². The molecule has 39 heteroatoms. The van der Waals surface area contributed by atoms with Gasteiger partial charge in [0, 0.05) is 67.8 Å². The Balaban J connectivity index is 1.15. The first kappa shape index (κ1) is 98.6. The van der Waals surface area contributed by atoms with E-state index in [-0.39, 0.29) is 65.1 Å². The molecule has 17 atom stereocenters. The standard InChI is InChI=1S/C88H116Cl2N10O27/c1-13-14-15-16-17-18-19-20-28-100(85(119)127-87(8,9)10)29-27-92-88(11)40-64(120-43(4)75(88)109)124-74-72(108)71(107)62(41-101)123-83(74)125-73-60-35-47-36-61(73)122-59-26-23-46(34-52(59)90)70(106)69(98-78(112)55(30-42(2)3)99(12)84(118)126-86(5,6)7)81(115)94-54(39-63(91)105)77(111)95-67(47)80(114)96-66-45-22-24-56(103)49(33-45)65-50(37-48(102)38-57(65)104)68(82(116)117)97-76(110)53(93-79(66)113)32-44-21-25-58(121-60)51(89)31-44/h21-26,31,33-38,42-43,53-55,62,64,66-72,74-75,83,92,101-104,106-109H,13-20,27-30,32,39-41H2,1-12H3,(H2,91,105)(H,93,113)(H,94,115)(H,95,111)(H,96,114)(H,97,110)(H,98,112)(H,116,117)/t43?,53-,54-,55+,62?,64?,66+,67+,68-,69+,70+,71?,72?,74?,75?,83?,88?/m0/s1. The first-order valence-electron chi connectivity index (χ1n) is 42.2. The summed E-state index contributed by atoms with van der Waals surface area (Å²) >= 11 is 14.5. The number of nitrogens with two attached hydrogens (primary N) is 1. The van der Waals surface area contributed by atoms with E-state index in [1.807, 2.05) is 0 Å². The number of nitrogens with one attached hydrogen (secondary N) is 7. The summed E-state index contributed by atoms with van der Waals surface area (Å²) in [7, 11) is 1.27. The molecular formula is C88H116Cl2N10O27. The quantitative estimate of drug-likeness (QED) is 0.0242. The van der Waals surface area contributed by atoms with Gasteiger partial charge in [-0.05, 0) is 151 Å². The molecule has 2 fully saturated rings. The molecular weight excluding hydrogens is 1700 g/mol. The molecule has 12 rings (SSSR count). The van der Waals surface area contributed by atoms with E-state index in [2.05, 4.69) is 44.1 Å². The van der Waals surface area contributed by atoms with Crippen LogP contribution in [-0.4, -0.2) is 239 Å². The second kappa shape index (κ2) is 42.1. The molecule has 18 N–H and O–H groups in total. The molecule has 0 aromatic heterocycles. The van der Waals surface area contributed by atoms with Gasteiger partial charge in [-0.25, -0.2) is 14.4 Å². The number of aromatic hydroxyl groups is 3. The summed E-state index contributed by atoms with van der Waals surface area (Å²) < 4.78 is 51.3. The molecule has 9 unspecified atom stereocenters. The number of phenols is 3. The molecule has 127 heavy (non-hydrogen) atoms. The van der Waals surface area contributed by atoms with Crippen LogP contribution in [0.25, 0.3) is 11.1 Å². The van der Waals surface area contributed by atoms with Crippen molar-refractivity contribution in [3.63, 3.8) is 0 Å². The number of carboxylic acid groups (broad SMARTS) is 1. The zero-order chi connectivity index (χ0) is 93.2. The minimum atomic E-state index is -2.37. The van der Waals surface area contributed by atoms with Gasteiger partial charge in [0.05, 0.1) is 35.3 Å². The van der Waals surface area contributed by atoms with Crippen molar-refractivity contribution < 1.29 is 132 Å². The van der Waals surface area contributed by atoms with E-state index in [0.29, 0.717) is 13.0 Å². The van der Waals surface area contributed by atoms with E-state index in [9.17, 15) is 74.7 Å².